The maximum absolute atomic E-state index is 9.66. The third kappa shape index (κ3) is 3.69. The van der Waals surface area contributed by atoms with Crippen LogP contribution in [0, 0.1) is 0 Å². The van der Waals surface area contributed by atoms with E-state index in [1.807, 2.05) is 13.0 Å². The Morgan fingerprint density at radius 3 is 2.79 bits per heavy atom. The van der Waals surface area contributed by atoms with Crippen LogP contribution in [0.3, 0.4) is 0 Å². The van der Waals surface area contributed by atoms with Crippen molar-refractivity contribution in [2.45, 2.75) is 19.4 Å². The number of nitrogens with zero attached hydrogens (tertiary/aromatic N) is 1. The molecule has 2 aromatic rings. The molecule has 1 heterocycles. The van der Waals surface area contributed by atoms with E-state index in [0.29, 0.717) is 28.6 Å². The van der Waals surface area contributed by atoms with Gasteiger partial charge >= 0.3 is 0 Å². The molecule has 0 amide bonds. The van der Waals surface area contributed by atoms with Gasteiger partial charge in [0.05, 0.1) is 23.0 Å². The van der Waals surface area contributed by atoms with Crippen molar-refractivity contribution in [1.29, 1.82) is 0 Å². The highest BCUT2D eigenvalue weighted by Crippen LogP contribution is 2.32. The third-order valence-corrected chi connectivity index (χ3v) is 3.41. The largest absolute Gasteiger partial charge is 0.454 e. The van der Waals surface area contributed by atoms with Crippen molar-refractivity contribution in [1.82, 2.24) is 4.98 Å². The number of ether oxygens (including phenoxy) is 1. The monoisotopic (exact) mass is 341 g/mol. The third-order valence-electron chi connectivity index (χ3n) is 2.61. The zero-order chi connectivity index (χ0) is 13.8. The Bertz CT molecular complexity index is 560. The summed E-state index contributed by atoms with van der Waals surface area (Å²) in [5.74, 6) is 1.13. The van der Waals surface area contributed by atoms with Gasteiger partial charge < -0.3 is 9.84 Å². The topological polar surface area (TPSA) is 42.4 Å². The first-order valence-corrected chi connectivity index (χ1v) is 7.04. The molecule has 1 aromatic heterocycles. The van der Waals surface area contributed by atoms with E-state index in [-0.39, 0.29) is 0 Å². The van der Waals surface area contributed by atoms with E-state index in [4.69, 9.17) is 16.3 Å². The summed E-state index contributed by atoms with van der Waals surface area (Å²) in [7, 11) is 0. The predicted molar refractivity (Wildman–Crippen MR) is 78.7 cm³/mol. The predicted octanol–water partition coefficient (Wildman–Crippen LogP) is 4.73. The number of hydrogen-bond donors (Lipinski definition) is 1. The smallest absolute Gasteiger partial charge is 0.147 e. The van der Waals surface area contributed by atoms with Gasteiger partial charge in [0.2, 0.25) is 0 Å². The van der Waals surface area contributed by atoms with E-state index >= 15 is 0 Å². The Labute approximate surface area is 125 Å². The Morgan fingerprint density at radius 1 is 1.37 bits per heavy atom. The molecule has 0 radical (unpaired) electrons. The van der Waals surface area contributed by atoms with E-state index in [0.717, 1.165) is 4.47 Å². The molecule has 2 rings (SSSR count). The van der Waals surface area contributed by atoms with Crippen molar-refractivity contribution in [3.8, 4) is 11.5 Å². The Kier molecular flexibility index (Phi) is 4.80. The summed E-state index contributed by atoms with van der Waals surface area (Å²) in [5.41, 5.74) is 0.634. The summed E-state index contributed by atoms with van der Waals surface area (Å²) in [5, 5.41) is 10.2. The summed E-state index contributed by atoms with van der Waals surface area (Å²) in [6.45, 7) is 1.90. The van der Waals surface area contributed by atoms with Crippen LogP contribution in [0.4, 0.5) is 0 Å². The molecule has 100 valence electrons. The fourth-order valence-electron chi connectivity index (χ4n) is 1.54. The lowest BCUT2D eigenvalue weighted by molar-refractivity contribution is 0.169. The van der Waals surface area contributed by atoms with Gasteiger partial charge in [-0.3, -0.25) is 4.98 Å². The number of rotatable bonds is 4. The standard InChI is InChI=1S/C14H13BrClNO2/c1-2-13(18)12-6-4-10(8-17-12)19-14-7-9(15)3-5-11(14)16/h3-8,13,18H,2H2,1H3. The van der Waals surface area contributed by atoms with Crippen LogP contribution >= 0.6 is 27.5 Å². The van der Waals surface area contributed by atoms with Crippen molar-refractivity contribution in [2.75, 3.05) is 0 Å². The first kappa shape index (κ1) is 14.3. The van der Waals surface area contributed by atoms with Gasteiger partial charge in [-0.2, -0.15) is 0 Å². The molecule has 0 fully saturated rings. The van der Waals surface area contributed by atoms with Gasteiger partial charge in [0.15, 0.2) is 0 Å². The molecule has 5 heteroatoms. The Hall–Kier alpha value is -1.10. The molecule has 0 spiro atoms. The van der Waals surface area contributed by atoms with E-state index in [2.05, 4.69) is 20.9 Å². The fraction of sp³-hybridized carbons (Fsp3) is 0.214. The first-order chi connectivity index (χ1) is 9.10. The minimum atomic E-state index is -0.538. The summed E-state index contributed by atoms with van der Waals surface area (Å²) in [6, 6.07) is 8.89. The number of aliphatic hydroxyl groups excluding tert-OH is 1. The van der Waals surface area contributed by atoms with Crippen LogP contribution in [0.1, 0.15) is 25.1 Å². The van der Waals surface area contributed by atoms with Crippen LogP contribution in [0.15, 0.2) is 41.0 Å². The zero-order valence-electron chi connectivity index (χ0n) is 10.3. The quantitative estimate of drug-likeness (QED) is 0.873. The molecule has 1 unspecified atom stereocenters. The minimum Gasteiger partial charge on any atom is -0.454 e. The summed E-state index contributed by atoms with van der Waals surface area (Å²) in [6.07, 6.45) is 1.67. The molecule has 0 aliphatic heterocycles. The molecular weight excluding hydrogens is 330 g/mol. The number of halogens is 2. The summed E-state index contributed by atoms with van der Waals surface area (Å²) < 4.78 is 6.54. The van der Waals surface area contributed by atoms with E-state index in [1.54, 1.807) is 30.5 Å². The second kappa shape index (κ2) is 6.37. The van der Waals surface area contributed by atoms with Crippen molar-refractivity contribution >= 4 is 27.5 Å². The SMILES string of the molecule is CCC(O)c1ccc(Oc2cc(Br)ccc2Cl)cn1. The van der Waals surface area contributed by atoms with Gasteiger partial charge in [0.25, 0.3) is 0 Å². The maximum atomic E-state index is 9.66. The lowest BCUT2D eigenvalue weighted by atomic mass is 10.2. The highest BCUT2D eigenvalue weighted by atomic mass is 79.9. The number of aromatic nitrogens is 1. The van der Waals surface area contributed by atoms with Crippen LogP contribution in [0.5, 0.6) is 11.5 Å². The lowest BCUT2D eigenvalue weighted by Crippen LogP contribution is -1.98. The lowest BCUT2D eigenvalue weighted by Gasteiger charge is -2.10. The highest BCUT2D eigenvalue weighted by molar-refractivity contribution is 9.10. The Balaban J connectivity index is 2.17. The molecule has 0 saturated carbocycles. The Morgan fingerprint density at radius 2 is 2.16 bits per heavy atom. The van der Waals surface area contributed by atoms with Gasteiger partial charge in [-0.1, -0.05) is 34.5 Å². The molecule has 0 bridgehead atoms. The second-order valence-corrected chi connectivity index (χ2v) is 5.34. The molecule has 19 heavy (non-hydrogen) atoms. The van der Waals surface area contributed by atoms with Crippen molar-refractivity contribution in [3.05, 3.63) is 51.7 Å². The van der Waals surface area contributed by atoms with E-state index in [9.17, 15) is 5.11 Å². The summed E-state index contributed by atoms with van der Waals surface area (Å²) >= 11 is 9.41. The van der Waals surface area contributed by atoms with Gasteiger partial charge in [-0.25, -0.2) is 0 Å². The average Bonchev–Trinajstić information content (AvgIpc) is 2.43. The fourth-order valence-corrected chi connectivity index (χ4v) is 2.04. The van der Waals surface area contributed by atoms with Crippen molar-refractivity contribution < 1.29 is 9.84 Å². The number of aliphatic hydroxyl groups is 1. The second-order valence-electron chi connectivity index (χ2n) is 4.02. The molecule has 1 atom stereocenters. The van der Waals surface area contributed by atoms with Crippen LogP contribution < -0.4 is 4.74 Å². The molecule has 1 aromatic carbocycles. The van der Waals surface area contributed by atoms with Crippen LogP contribution in [0.25, 0.3) is 0 Å². The van der Waals surface area contributed by atoms with Crippen LogP contribution in [-0.4, -0.2) is 10.1 Å². The molecule has 0 saturated heterocycles. The summed E-state index contributed by atoms with van der Waals surface area (Å²) in [4.78, 5) is 4.17. The van der Waals surface area contributed by atoms with Crippen LogP contribution in [-0.2, 0) is 0 Å². The van der Waals surface area contributed by atoms with Gasteiger partial charge in [-0.15, -0.1) is 0 Å². The van der Waals surface area contributed by atoms with Gasteiger partial charge in [0.1, 0.15) is 11.5 Å². The minimum absolute atomic E-state index is 0.529. The van der Waals surface area contributed by atoms with E-state index in [1.165, 1.54) is 0 Å². The number of benzene rings is 1. The number of hydrogen-bond acceptors (Lipinski definition) is 3. The van der Waals surface area contributed by atoms with Crippen LogP contribution in [0.2, 0.25) is 5.02 Å². The molecule has 0 aliphatic rings. The van der Waals surface area contributed by atoms with Gasteiger partial charge in [0, 0.05) is 4.47 Å². The van der Waals surface area contributed by atoms with Gasteiger partial charge in [-0.05, 0) is 36.8 Å². The van der Waals surface area contributed by atoms with E-state index < -0.39 is 6.10 Å². The zero-order valence-corrected chi connectivity index (χ0v) is 12.6. The molecule has 0 aliphatic carbocycles. The highest BCUT2D eigenvalue weighted by Gasteiger charge is 2.08. The molecule has 3 nitrogen and oxygen atoms in total. The molecule has 1 N–H and O–H groups in total. The van der Waals surface area contributed by atoms with Crippen molar-refractivity contribution in [3.63, 3.8) is 0 Å². The maximum Gasteiger partial charge on any atom is 0.147 e. The molecular formula is C14H13BrClNO2. The average molecular weight is 343 g/mol. The first-order valence-electron chi connectivity index (χ1n) is 5.87. The number of pyridine rings is 1. The van der Waals surface area contributed by atoms with Crippen molar-refractivity contribution in [2.24, 2.45) is 0 Å². The normalized spacial score (nSPS) is 12.2.